The van der Waals surface area contributed by atoms with Crippen molar-refractivity contribution < 1.29 is 9.47 Å². The topological polar surface area (TPSA) is 55.1 Å². The van der Waals surface area contributed by atoms with E-state index in [1.54, 1.807) is 32.5 Å². The van der Waals surface area contributed by atoms with Gasteiger partial charge in [-0.1, -0.05) is 12.6 Å². The first-order valence-corrected chi connectivity index (χ1v) is 6.93. The van der Waals surface area contributed by atoms with Gasteiger partial charge < -0.3 is 9.47 Å². The SMILES string of the molecule is C=C(CCc1ncccc1C#N)c1ccc(OC)c(OC)c1. The van der Waals surface area contributed by atoms with Crippen LogP contribution in [-0.2, 0) is 6.42 Å². The number of allylic oxidation sites excluding steroid dienone is 1. The van der Waals surface area contributed by atoms with Gasteiger partial charge in [0.15, 0.2) is 11.5 Å². The summed E-state index contributed by atoms with van der Waals surface area (Å²) in [6, 6.07) is 11.4. The van der Waals surface area contributed by atoms with Crippen LogP contribution in [0.25, 0.3) is 5.57 Å². The van der Waals surface area contributed by atoms with Crippen LogP contribution in [0.1, 0.15) is 23.2 Å². The smallest absolute Gasteiger partial charge is 0.161 e. The van der Waals surface area contributed by atoms with Crippen LogP contribution in [0.5, 0.6) is 11.5 Å². The molecule has 112 valence electrons. The zero-order valence-electron chi connectivity index (χ0n) is 12.8. The first-order chi connectivity index (χ1) is 10.7. The number of aromatic nitrogens is 1. The molecule has 0 saturated heterocycles. The van der Waals surface area contributed by atoms with Gasteiger partial charge in [0.05, 0.1) is 25.5 Å². The third-order valence-corrected chi connectivity index (χ3v) is 3.47. The lowest BCUT2D eigenvalue weighted by Crippen LogP contribution is -1.96. The van der Waals surface area contributed by atoms with Crippen LogP contribution < -0.4 is 9.47 Å². The van der Waals surface area contributed by atoms with Crippen molar-refractivity contribution in [3.63, 3.8) is 0 Å². The normalized spacial score (nSPS) is 9.86. The molecule has 22 heavy (non-hydrogen) atoms. The average molecular weight is 294 g/mol. The van der Waals surface area contributed by atoms with Crippen LogP contribution in [-0.4, -0.2) is 19.2 Å². The van der Waals surface area contributed by atoms with Crippen molar-refractivity contribution >= 4 is 5.57 Å². The Morgan fingerprint density at radius 1 is 1.23 bits per heavy atom. The Kier molecular flexibility index (Phi) is 5.16. The highest BCUT2D eigenvalue weighted by atomic mass is 16.5. The summed E-state index contributed by atoms with van der Waals surface area (Å²) in [4.78, 5) is 4.27. The van der Waals surface area contributed by atoms with Crippen LogP contribution in [0.4, 0.5) is 0 Å². The van der Waals surface area contributed by atoms with Gasteiger partial charge in [-0.3, -0.25) is 4.98 Å². The third kappa shape index (κ3) is 3.44. The molecule has 1 aromatic heterocycles. The van der Waals surface area contributed by atoms with Crippen LogP contribution in [0, 0.1) is 11.3 Å². The molecule has 0 amide bonds. The molecule has 0 spiro atoms. The zero-order valence-corrected chi connectivity index (χ0v) is 12.8. The Morgan fingerprint density at radius 2 is 2.00 bits per heavy atom. The highest BCUT2D eigenvalue weighted by Gasteiger charge is 2.08. The predicted octanol–water partition coefficient (Wildman–Crippen LogP) is 3.62. The molecule has 1 aromatic carbocycles. The number of nitrogens with zero attached hydrogens (tertiary/aromatic N) is 2. The molecule has 4 heteroatoms. The molecular weight excluding hydrogens is 276 g/mol. The van der Waals surface area contributed by atoms with Gasteiger partial charge in [-0.15, -0.1) is 0 Å². The van der Waals surface area contributed by atoms with Crippen molar-refractivity contribution in [2.45, 2.75) is 12.8 Å². The predicted molar refractivity (Wildman–Crippen MR) is 85.9 cm³/mol. The van der Waals surface area contributed by atoms with Gasteiger partial charge in [0.25, 0.3) is 0 Å². The molecule has 0 fully saturated rings. The van der Waals surface area contributed by atoms with E-state index in [-0.39, 0.29) is 0 Å². The largest absolute Gasteiger partial charge is 0.493 e. The summed E-state index contributed by atoms with van der Waals surface area (Å²) in [5.74, 6) is 1.37. The van der Waals surface area contributed by atoms with Gasteiger partial charge in [-0.05, 0) is 48.2 Å². The van der Waals surface area contributed by atoms with Gasteiger partial charge in [0.1, 0.15) is 6.07 Å². The maximum absolute atomic E-state index is 9.08. The molecule has 2 aromatic rings. The molecule has 0 atom stereocenters. The second-order valence-electron chi connectivity index (χ2n) is 4.78. The molecular formula is C18H18N2O2. The van der Waals surface area contributed by atoms with Gasteiger partial charge in [-0.2, -0.15) is 5.26 Å². The lowest BCUT2D eigenvalue weighted by molar-refractivity contribution is 0.355. The molecule has 4 nitrogen and oxygen atoms in total. The molecule has 0 unspecified atom stereocenters. The van der Waals surface area contributed by atoms with Crippen molar-refractivity contribution in [3.05, 3.63) is 59.9 Å². The summed E-state index contributed by atoms with van der Waals surface area (Å²) < 4.78 is 10.5. The van der Waals surface area contributed by atoms with E-state index < -0.39 is 0 Å². The monoisotopic (exact) mass is 294 g/mol. The van der Waals surface area contributed by atoms with E-state index in [1.165, 1.54) is 0 Å². The number of hydrogen-bond acceptors (Lipinski definition) is 4. The van der Waals surface area contributed by atoms with Gasteiger partial charge >= 0.3 is 0 Å². The first kappa shape index (κ1) is 15.6. The Balaban J connectivity index is 2.11. The number of pyridine rings is 1. The maximum Gasteiger partial charge on any atom is 0.161 e. The molecule has 0 aliphatic heterocycles. The number of methoxy groups -OCH3 is 2. The molecule has 0 N–H and O–H groups in total. The highest BCUT2D eigenvalue weighted by Crippen LogP contribution is 2.31. The van der Waals surface area contributed by atoms with E-state index in [4.69, 9.17) is 14.7 Å². The van der Waals surface area contributed by atoms with Crippen molar-refractivity contribution in [3.8, 4) is 17.6 Å². The molecule has 0 saturated carbocycles. The van der Waals surface area contributed by atoms with E-state index in [1.807, 2.05) is 18.2 Å². The molecule has 0 bridgehead atoms. The summed E-state index contributed by atoms with van der Waals surface area (Å²) in [6.45, 7) is 4.12. The quantitative estimate of drug-likeness (QED) is 0.816. The maximum atomic E-state index is 9.08. The Morgan fingerprint density at radius 3 is 2.68 bits per heavy atom. The summed E-state index contributed by atoms with van der Waals surface area (Å²) in [5, 5.41) is 9.08. The van der Waals surface area contributed by atoms with Crippen LogP contribution in [0.15, 0.2) is 43.1 Å². The molecule has 1 heterocycles. The van der Waals surface area contributed by atoms with Crippen molar-refractivity contribution in [1.82, 2.24) is 4.98 Å². The van der Waals surface area contributed by atoms with Crippen LogP contribution >= 0.6 is 0 Å². The number of nitriles is 1. The molecule has 0 radical (unpaired) electrons. The van der Waals surface area contributed by atoms with E-state index in [0.29, 0.717) is 23.5 Å². The second-order valence-corrected chi connectivity index (χ2v) is 4.78. The average Bonchev–Trinajstić information content (AvgIpc) is 2.59. The minimum absolute atomic E-state index is 0.614. The van der Waals surface area contributed by atoms with Gasteiger partial charge in [0, 0.05) is 6.20 Å². The fraction of sp³-hybridized carbons (Fsp3) is 0.222. The standard InChI is InChI=1S/C18H18N2O2/c1-13(6-8-16-15(12-19)5-4-10-20-16)14-7-9-17(21-2)18(11-14)22-3/h4-5,7,9-11H,1,6,8H2,2-3H3. The zero-order chi connectivity index (χ0) is 15.9. The lowest BCUT2D eigenvalue weighted by Gasteiger charge is -2.11. The van der Waals surface area contributed by atoms with Crippen molar-refractivity contribution in [1.29, 1.82) is 5.26 Å². The van der Waals surface area contributed by atoms with Gasteiger partial charge in [0.2, 0.25) is 0 Å². The van der Waals surface area contributed by atoms with E-state index >= 15 is 0 Å². The Bertz CT molecular complexity index is 717. The number of hydrogen-bond donors (Lipinski definition) is 0. The lowest BCUT2D eigenvalue weighted by atomic mass is 10.00. The summed E-state index contributed by atoms with van der Waals surface area (Å²) >= 11 is 0. The number of aryl methyl sites for hydroxylation is 1. The first-order valence-electron chi connectivity index (χ1n) is 6.93. The van der Waals surface area contributed by atoms with Crippen molar-refractivity contribution in [2.75, 3.05) is 14.2 Å². The van der Waals surface area contributed by atoms with Crippen LogP contribution in [0.3, 0.4) is 0 Å². The third-order valence-electron chi connectivity index (χ3n) is 3.47. The van der Waals surface area contributed by atoms with E-state index in [0.717, 1.165) is 23.3 Å². The number of ether oxygens (including phenoxy) is 2. The number of benzene rings is 1. The fourth-order valence-corrected chi connectivity index (χ4v) is 2.21. The summed E-state index contributed by atoms with van der Waals surface area (Å²) in [5.41, 5.74) is 3.37. The summed E-state index contributed by atoms with van der Waals surface area (Å²) in [7, 11) is 3.22. The van der Waals surface area contributed by atoms with Gasteiger partial charge in [-0.25, -0.2) is 0 Å². The Labute approximate surface area is 130 Å². The Hall–Kier alpha value is -2.80. The van der Waals surface area contributed by atoms with E-state index in [2.05, 4.69) is 17.6 Å². The minimum Gasteiger partial charge on any atom is -0.493 e. The molecule has 2 rings (SSSR count). The van der Waals surface area contributed by atoms with Crippen LogP contribution in [0.2, 0.25) is 0 Å². The molecule has 0 aliphatic carbocycles. The van der Waals surface area contributed by atoms with E-state index in [9.17, 15) is 0 Å². The highest BCUT2D eigenvalue weighted by molar-refractivity contribution is 5.66. The minimum atomic E-state index is 0.614. The van der Waals surface area contributed by atoms with Crippen molar-refractivity contribution in [2.24, 2.45) is 0 Å². The fourth-order valence-electron chi connectivity index (χ4n) is 2.21. The number of rotatable bonds is 6. The summed E-state index contributed by atoms with van der Waals surface area (Å²) in [6.07, 6.45) is 3.10. The second kappa shape index (κ2) is 7.28. The molecule has 0 aliphatic rings.